The van der Waals surface area contributed by atoms with E-state index < -0.39 is 0 Å². The van der Waals surface area contributed by atoms with Gasteiger partial charge in [0.15, 0.2) is 5.82 Å². The van der Waals surface area contributed by atoms with Crippen molar-refractivity contribution in [1.82, 2.24) is 9.97 Å². The lowest BCUT2D eigenvalue weighted by molar-refractivity contribution is 1.18. The monoisotopic (exact) mass is 457 g/mol. The summed E-state index contributed by atoms with van der Waals surface area (Å²) in [5, 5.41) is 2.00. The van der Waals surface area contributed by atoms with E-state index in [1.165, 1.54) is 0 Å². The van der Waals surface area contributed by atoms with E-state index in [0.29, 0.717) is 11.6 Å². The van der Waals surface area contributed by atoms with Gasteiger partial charge < -0.3 is 5.73 Å². The Morgan fingerprint density at radius 3 is 2.50 bits per heavy atom. The molecule has 0 unspecified atom stereocenters. The molecule has 2 aromatic heterocycles. The molecule has 2 N–H and O–H groups in total. The number of hydrogen-bond acceptors (Lipinski definition) is 4. The smallest absolute Gasteiger partial charge is 0.173 e. The Bertz CT molecular complexity index is 758. The van der Waals surface area contributed by atoms with Crippen LogP contribution in [0.3, 0.4) is 0 Å². The van der Waals surface area contributed by atoms with Crippen LogP contribution >= 0.6 is 49.9 Å². The summed E-state index contributed by atoms with van der Waals surface area (Å²) in [5.41, 5.74) is 7.96. The molecule has 0 saturated heterocycles. The summed E-state index contributed by atoms with van der Waals surface area (Å²) < 4.78 is 1.87. The Kier molecular flexibility index (Phi) is 4.04. The number of nitrogen functional groups attached to an aromatic ring is 1. The maximum absolute atomic E-state index is 6.05. The van der Waals surface area contributed by atoms with Gasteiger partial charge in [0.05, 0.1) is 14.1 Å². The minimum atomic E-state index is 0.509. The van der Waals surface area contributed by atoms with Crippen molar-refractivity contribution in [2.45, 2.75) is 0 Å². The quantitative estimate of drug-likeness (QED) is 0.561. The maximum Gasteiger partial charge on any atom is 0.173 e. The lowest BCUT2D eigenvalue weighted by Crippen LogP contribution is -2.02. The summed E-state index contributed by atoms with van der Waals surface area (Å²) in [6.07, 6.45) is 0. The third-order valence-electron chi connectivity index (χ3n) is 2.74. The lowest BCUT2D eigenvalue weighted by atomic mass is 10.1. The molecule has 6 heteroatoms. The number of hydrogen-bond donors (Lipinski definition) is 1. The third-order valence-corrected chi connectivity index (χ3v) is 5.64. The van der Waals surface area contributed by atoms with Gasteiger partial charge in [-0.25, -0.2) is 9.97 Å². The molecule has 0 aliphatic heterocycles. The number of halogens is 2. The molecule has 0 aliphatic rings. The van der Waals surface area contributed by atoms with Crippen molar-refractivity contribution >= 4 is 55.7 Å². The predicted molar refractivity (Wildman–Crippen MR) is 95.6 cm³/mol. The molecule has 0 fully saturated rings. The fourth-order valence-electron chi connectivity index (χ4n) is 1.81. The molecule has 0 atom stereocenters. The van der Waals surface area contributed by atoms with Crippen molar-refractivity contribution in [1.29, 1.82) is 0 Å². The van der Waals surface area contributed by atoms with Gasteiger partial charge in [-0.05, 0) is 50.0 Å². The van der Waals surface area contributed by atoms with Crippen LogP contribution in [0.25, 0.3) is 22.0 Å². The molecule has 0 saturated carbocycles. The van der Waals surface area contributed by atoms with Gasteiger partial charge in [-0.2, -0.15) is 0 Å². The van der Waals surface area contributed by atoms with E-state index >= 15 is 0 Å². The minimum absolute atomic E-state index is 0.509. The number of rotatable bonds is 2. The molecule has 3 nitrogen and oxygen atoms in total. The summed E-state index contributed by atoms with van der Waals surface area (Å²) in [6, 6.07) is 12.0. The molecule has 0 amide bonds. The van der Waals surface area contributed by atoms with Gasteiger partial charge in [-0.15, -0.1) is 11.3 Å². The van der Waals surface area contributed by atoms with E-state index in [9.17, 15) is 0 Å². The molecule has 1 aromatic carbocycles. The molecule has 0 bridgehead atoms. The van der Waals surface area contributed by atoms with Gasteiger partial charge in [0, 0.05) is 10.0 Å². The Morgan fingerprint density at radius 2 is 1.85 bits per heavy atom. The fraction of sp³-hybridized carbons (Fsp3) is 0. The van der Waals surface area contributed by atoms with Crippen LogP contribution in [-0.2, 0) is 0 Å². The van der Waals surface area contributed by atoms with Crippen molar-refractivity contribution in [2.75, 3.05) is 5.73 Å². The van der Waals surface area contributed by atoms with Gasteiger partial charge in [-0.3, -0.25) is 0 Å². The van der Waals surface area contributed by atoms with Crippen LogP contribution in [0.4, 0.5) is 5.82 Å². The second kappa shape index (κ2) is 5.79. The first-order chi connectivity index (χ1) is 9.66. The second-order valence-electron chi connectivity index (χ2n) is 4.06. The Hall–Kier alpha value is -0.990. The average molecular weight is 458 g/mol. The van der Waals surface area contributed by atoms with Gasteiger partial charge in [0.1, 0.15) is 5.82 Å². The van der Waals surface area contributed by atoms with Crippen molar-refractivity contribution < 1.29 is 0 Å². The zero-order valence-electron chi connectivity index (χ0n) is 10.2. The maximum atomic E-state index is 6.05. The number of nitrogens with zero attached hydrogens (tertiary/aromatic N) is 2. The predicted octanol–water partition coefficient (Wildman–Crippen LogP) is 4.82. The summed E-state index contributed by atoms with van der Waals surface area (Å²) >= 11 is 7.30. The highest BCUT2D eigenvalue weighted by atomic mass is 127. The molecular weight excluding hydrogens is 449 g/mol. The first-order valence-corrected chi connectivity index (χ1v) is 8.53. The van der Waals surface area contributed by atoms with Crippen LogP contribution in [0, 0.1) is 3.57 Å². The van der Waals surface area contributed by atoms with Crippen molar-refractivity contribution in [2.24, 2.45) is 0 Å². The first kappa shape index (κ1) is 14.0. The van der Waals surface area contributed by atoms with E-state index in [4.69, 9.17) is 5.73 Å². The van der Waals surface area contributed by atoms with E-state index in [-0.39, 0.29) is 0 Å². The summed E-state index contributed by atoms with van der Waals surface area (Å²) in [5.74, 6) is 1.17. The van der Waals surface area contributed by atoms with Crippen LogP contribution in [0.5, 0.6) is 0 Å². The molecular formula is C14H9BrIN3S. The lowest BCUT2D eigenvalue weighted by Gasteiger charge is -2.08. The molecule has 3 aromatic rings. The second-order valence-corrected chi connectivity index (χ2v) is 6.91. The first-order valence-electron chi connectivity index (χ1n) is 5.78. The highest BCUT2D eigenvalue weighted by molar-refractivity contribution is 14.1. The molecule has 3 rings (SSSR count). The zero-order valence-corrected chi connectivity index (χ0v) is 14.7. The molecule has 0 radical (unpaired) electrons. The SMILES string of the molecule is Nc1nc(-c2sccc2Br)nc(-c2ccccc2)c1I. The topological polar surface area (TPSA) is 51.8 Å². The van der Waals surface area contributed by atoms with Crippen LogP contribution in [0.1, 0.15) is 0 Å². The Morgan fingerprint density at radius 1 is 1.10 bits per heavy atom. The number of nitrogens with two attached hydrogens (primary N) is 1. The van der Waals surface area contributed by atoms with Gasteiger partial charge in [-0.1, -0.05) is 30.3 Å². The molecule has 0 aliphatic carbocycles. The number of benzene rings is 1. The number of aromatic nitrogens is 2. The van der Waals surface area contributed by atoms with Gasteiger partial charge in [0.2, 0.25) is 0 Å². The third kappa shape index (κ3) is 2.59. The molecule has 20 heavy (non-hydrogen) atoms. The van der Waals surface area contributed by atoms with Gasteiger partial charge in [0.25, 0.3) is 0 Å². The standard InChI is InChI=1S/C14H9BrIN3S/c15-9-6-7-20-12(9)14-18-11(10(16)13(17)19-14)8-4-2-1-3-5-8/h1-7H,(H2,17,18,19). The van der Waals surface area contributed by atoms with E-state index in [0.717, 1.165) is 24.2 Å². The van der Waals surface area contributed by atoms with Crippen molar-refractivity contribution in [3.8, 4) is 22.0 Å². The summed E-state index contributed by atoms with van der Waals surface area (Å²) in [4.78, 5) is 10.1. The van der Waals surface area contributed by atoms with E-state index in [1.54, 1.807) is 11.3 Å². The Balaban J connectivity index is 2.21. The molecule has 2 heterocycles. The minimum Gasteiger partial charge on any atom is -0.383 e. The highest BCUT2D eigenvalue weighted by Crippen LogP contribution is 2.35. The molecule has 0 spiro atoms. The van der Waals surface area contributed by atoms with Gasteiger partial charge >= 0.3 is 0 Å². The fourth-order valence-corrected chi connectivity index (χ4v) is 3.84. The highest BCUT2D eigenvalue weighted by Gasteiger charge is 2.15. The number of thiophene rings is 1. The van der Waals surface area contributed by atoms with Crippen molar-refractivity contribution in [3.05, 3.63) is 49.8 Å². The molecule has 100 valence electrons. The largest absolute Gasteiger partial charge is 0.383 e. The zero-order chi connectivity index (χ0) is 14.1. The van der Waals surface area contributed by atoms with Crippen LogP contribution in [-0.4, -0.2) is 9.97 Å². The number of anilines is 1. The van der Waals surface area contributed by atoms with Crippen LogP contribution in [0.2, 0.25) is 0 Å². The normalized spacial score (nSPS) is 10.7. The Labute approximate surface area is 142 Å². The van der Waals surface area contributed by atoms with Crippen LogP contribution in [0.15, 0.2) is 46.3 Å². The van der Waals surface area contributed by atoms with Crippen LogP contribution < -0.4 is 5.73 Å². The van der Waals surface area contributed by atoms with E-state index in [1.807, 2.05) is 41.8 Å². The summed E-state index contributed by atoms with van der Waals surface area (Å²) in [6.45, 7) is 0. The van der Waals surface area contributed by atoms with Crippen molar-refractivity contribution in [3.63, 3.8) is 0 Å². The van der Waals surface area contributed by atoms with E-state index in [2.05, 4.69) is 48.5 Å². The average Bonchev–Trinajstić information content (AvgIpc) is 2.89. The summed E-state index contributed by atoms with van der Waals surface area (Å²) in [7, 11) is 0.